The Morgan fingerprint density at radius 2 is 2.50 bits per heavy atom. The third kappa shape index (κ3) is 3.52. The van der Waals surface area contributed by atoms with Gasteiger partial charge < -0.3 is 9.52 Å². The maximum Gasteiger partial charge on any atom is 0.113 e. The molecule has 0 fully saturated rings. The molecule has 1 aromatic rings. The van der Waals surface area contributed by atoms with Crippen LogP contribution in [0, 0.1) is 0 Å². The zero-order valence-corrected chi connectivity index (χ0v) is 8.14. The fourth-order valence-electron chi connectivity index (χ4n) is 0.735. The van der Waals surface area contributed by atoms with Crippen LogP contribution in [0.2, 0.25) is 0 Å². The molecule has 1 aromatic heterocycles. The summed E-state index contributed by atoms with van der Waals surface area (Å²) in [6.07, 6.45) is 1.24. The molecule has 0 saturated carbocycles. The molecule has 4 heteroatoms. The van der Waals surface area contributed by atoms with Crippen LogP contribution in [-0.4, -0.2) is 22.8 Å². The summed E-state index contributed by atoms with van der Waals surface area (Å²) in [7, 11) is 0. The minimum atomic E-state index is -0.411. The van der Waals surface area contributed by atoms with Gasteiger partial charge in [-0.15, -0.1) is 11.6 Å². The molecule has 1 rings (SSSR count). The summed E-state index contributed by atoms with van der Waals surface area (Å²) in [5.41, 5.74) is 0. The molecule has 68 valence electrons. The van der Waals surface area contributed by atoms with E-state index in [1.165, 1.54) is 0 Å². The van der Waals surface area contributed by atoms with Gasteiger partial charge in [0.1, 0.15) is 5.76 Å². The van der Waals surface area contributed by atoms with Crippen molar-refractivity contribution < 1.29 is 9.52 Å². The lowest BCUT2D eigenvalue weighted by Crippen LogP contribution is -2.11. The number of hydrogen-bond acceptors (Lipinski definition) is 3. The molecule has 0 aliphatic rings. The summed E-state index contributed by atoms with van der Waals surface area (Å²) in [6, 6.07) is 3.77. The molecule has 2 nitrogen and oxygen atoms in total. The number of aliphatic hydroxyl groups excluding tert-OH is 1. The highest BCUT2D eigenvalue weighted by molar-refractivity contribution is 7.98. The van der Waals surface area contributed by atoms with Crippen molar-refractivity contribution in [3.63, 3.8) is 0 Å². The lowest BCUT2D eigenvalue weighted by Gasteiger charge is -2.03. The zero-order chi connectivity index (χ0) is 8.81. The number of furan rings is 1. The van der Waals surface area contributed by atoms with Gasteiger partial charge >= 0.3 is 0 Å². The van der Waals surface area contributed by atoms with Crippen LogP contribution in [-0.2, 0) is 5.75 Å². The summed E-state index contributed by atoms with van der Waals surface area (Å²) in [6.45, 7) is 0. The predicted molar refractivity (Wildman–Crippen MR) is 51.6 cm³/mol. The Labute approximate surface area is 80.9 Å². The van der Waals surface area contributed by atoms with E-state index in [2.05, 4.69) is 0 Å². The predicted octanol–water partition coefficient (Wildman–Crippen LogP) is 2.11. The standard InChI is InChI=1S/C8H11ClO2S/c9-4-7(10)5-12-6-8-2-1-3-11-8/h1-3,7,10H,4-6H2. The molecule has 1 heterocycles. The molecule has 1 N–H and O–H groups in total. The normalized spacial score (nSPS) is 13.2. The van der Waals surface area contributed by atoms with Gasteiger partial charge in [0.05, 0.1) is 18.1 Å². The average Bonchev–Trinajstić information content (AvgIpc) is 2.57. The SMILES string of the molecule is OC(CCl)CSCc1ccco1. The van der Waals surface area contributed by atoms with Crippen molar-refractivity contribution in [3.8, 4) is 0 Å². The number of alkyl halides is 1. The van der Waals surface area contributed by atoms with Gasteiger partial charge in [-0.3, -0.25) is 0 Å². The van der Waals surface area contributed by atoms with Gasteiger partial charge in [-0.25, -0.2) is 0 Å². The summed E-state index contributed by atoms with van der Waals surface area (Å²) < 4.78 is 5.11. The Kier molecular flexibility index (Phi) is 4.58. The van der Waals surface area contributed by atoms with Crippen LogP contribution in [0.15, 0.2) is 22.8 Å². The number of rotatable bonds is 5. The van der Waals surface area contributed by atoms with Gasteiger partial charge in [0.15, 0.2) is 0 Å². The summed E-state index contributed by atoms with van der Waals surface area (Å²) >= 11 is 7.04. The van der Waals surface area contributed by atoms with Crippen LogP contribution in [0.3, 0.4) is 0 Å². The molecule has 0 spiro atoms. The Hall–Kier alpha value is -0.120. The van der Waals surface area contributed by atoms with E-state index in [-0.39, 0.29) is 0 Å². The first kappa shape index (κ1) is 9.96. The van der Waals surface area contributed by atoms with E-state index in [9.17, 15) is 0 Å². The minimum absolute atomic E-state index is 0.297. The van der Waals surface area contributed by atoms with E-state index in [1.54, 1.807) is 18.0 Å². The topological polar surface area (TPSA) is 33.4 Å². The largest absolute Gasteiger partial charge is 0.468 e. The minimum Gasteiger partial charge on any atom is -0.468 e. The highest BCUT2D eigenvalue weighted by atomic mass is 35.5. The number of aliphatic hydroxyl groups is 1. The summed E-state index contributed by atoms with van der Waals surface area (Å²) in [5.74, 6) is 2.68. The molecule has 0 aliphatic heterocycles. The molecule has 12 heavy (non-hydrogen) atoms. The maximum absolute atomic E-state index is 9.10. The number of hydrogen-bond donors (Lipinski definition) is 1. The van der Waals surface area contributed by atoms with Gasteiger partial charge in [0, 0.05) is 11.6 Å². The van der Waals surface area contributed by atoms with Crippen molar-refractivity contribution in [1.29, 1.82) is 0 Å². The molecule has 1 unspecified atom stereocenters. The second kappa shape index (κ2) is 5.51. The van der Waals surface area contributed by atoms with E-state index in [0.717, 1.165) is 11.5 Å². The third-order valence-electron chi connectivity index (χ3n) is 1.31. The second-order valence-electron chi connectivity index (χ2n) is 2.40. The van der Waals surface area contributed by atoms with Crippen molar-refractivity contribution in [2.24, 2.45) is 0 Å². The van der Waals surface area contributed by atoms with Gasteiger partial charge in [-0.2, -0.15) is 11.8 Å². The molecule has 0 radical (unpaired) electrons. The molecule has 0 bridgehead atoms. The first-order chi connectivity index (χ1) is 5.83. The van der Waals surface area contributed by atoms with Crippen molar-refractivity contribution >= 4 is 23.4 Å². The lowest BCUT2D eigenvalue weighted by molar-refractivity contribution is 0.223. The number of thioether (sulfide) groups is 1. The quantitative estimate of drug-likeness (QED) is 0.750. The zero-order valence-electron chi connectivity index (χ0n) is 6.57. The van der Waals surface area contributed by atoms with Crippen LogP contribution in [0.1, 0.15) is 5.76 Å². The Balaban J connectivity index is 2.11. The Morgan fingerprint density at radius 1 is 1.67 bits per heavy atom. The monoisotopic (exact) mass is 206 g/mol. The van der Waals surface area contributed by atoms with Gasteiger partial charge in [0.2, 0.25) is 0 Å². The first-order valence-corrected chi connectivity index (χ1v) is 5.36. The molecule has 1 atom stereocenters. The van der Waals surface area contributed by atoms with Gasteiger partial charge in [0.25, 0.3) is 0 Å². The third-order valence-corrected chi connectivity index (χ3v) is 2.78. The smallest absolute Gasteiger partial charge is 0.113 e. The van der Waals surface area contributed by atoms with Crippen LogP contribution in [0.4, 0.5) is 0 Å². The van der Waals surface area contributed by atoms with E-state index < -0.39 is 6.10 Å². The lowest BCUT2D eigenvalue weighted by atomic mass is 10.5. The van der Waals surface area contributed by atoms with E-state index in [1.807, 2.05) is 12.1 Å². The first-order valence-electron chi connectivity index (χ1n) is 3.67. The maximum atomic E-state index is 9.10. The molecule has 0 aliphatic carbocycles. The highest BCUT2D eigenvalue weighted by Crippen LogP contribution is 2.13. The summed E-state index contributed by atoms with van der Waals surface area (Å²) in [5, 5.41) is 9.10. The molecule has 0 aromatic carbocycles. The van der Waals surface area contributed by atoms with E-state index >= 15 is 0 Å². The fraction of sp³-hybridized carbons (Fsp3) is 0.500. The van der Waals surface area contributed by atoms with Crippen LogP contribution in [0.5, 0.6) is 0 Å². The van der Waals surface area contributed by atoms with Crippen molar-refractivity contribution in [2.45, 2.75) is 11.9 Å². The van der Waals surface area contributed by atoms with Crippen LogP contribution < -0.4 is 0 Å². The van der Waals surface area contributed by atoms with E-state index in [4.69, 9.17) is 21.1 Å². The molecular formula is C8H11ClO2S. The van der Waals surface area contributed by atoms with Crippen molar-refractivity contribution in [3.05, 3.63) is 24.2 Å². The van der Waals surface area contributed by atoms with Crippen molar-refractivity contribution in [1.82, 2.24) is 0 Å². The second-order valence-corrected chi connectivity index (χ2v) is 3.74. The van der Waals surface area contributed by atoms with Crippen LogP contribution >= 0.6 is 23.4 Å². The molecule has 0 saturated heterocycles. The van der Waals surface area contributed by atoms with Gasteiger partial charge in [-0.05, 0) is 12.1 Å². The van der Waals surface area contributed by atoms with Crippen LogP contribution in [0.25, 0.3) is 0 Å². The van der Waals surface area contributed by atoms with Crippen molar-refractivity contribution in [2.75, 3.05) is 11.6 Å². The van der Waals surface area contributed by atoms with Gasteiger partial charge in [-0.1, -0.05) is 0 Å². The van der Waals surface area contributed by atoms with E-state index in [0.29, 0.717) is 11.6 Å². The molecular weight excluding hydrogens is 196 g/mol. The summed E-state index contributed by atoms with van der Waals surface area (Å²) in [4.78, 5) is 0. The Morgan fingerprint density at radius 3 is 3.08 bits per heavy atom. The highest BCUT2D eigenvalue weighted by Gasteiger charge is 2.02. The molecule has 0 amide bonds. The Bertz CT molecular complexity index is 201. The fourth-order valence-corrected chi connectivity index (χ4v) is 1.85. The number of halogens is 1. The average molecular weight is 207 g/mol.